The smallest absolute Gasteiger partial charge is 0.0423 e. The van der Waals surface area contributed by atoms with Crippen LogP contribution in [0.3, 0.4) is 0 Å². The van der Waals surface area contributed by atoms with Gasteiger partial charge in [0.1, 0.15) is 0 Å². The Morgan fingerprint density at radius 1 is 1.38 bits per heavy atom. The lowest BCUT2D eigenvalue weighted by Gasteiger charge is -2.35. The zero-order valence-corrected chi connectivity index (χ0v) is 11.4. The molecule has 16 heavy (non-hydrogen) atoms. The maximum Gasteiger partial charge on any atom is 0.0423 e. The Morgan fingerprint density at radius 3 is 2.69 bits per heavy atom. The average Bonchev–Trinajstić information content (AvgIpc) is 2.25. The number of nitrogens with two attached hydrogens (primary N) is 1. The maximum atomic E-state index is 5.76. The van der Waals surface area contributed by atoms with Gasteiger partial charge in [-0.05, 0) is 19.2 Å². The minimum absolute atomic E-state index is 0.386. The van der Waals surface area contributed by atoms with E-state index >= 15 is 0 Å². The third-order valence-electron chi connectivity index (χ3n) is 3.36. The van der Waals surface area contributed by atoms with Gasteiger partial charge in [-0.3, -0.25) is 0 Å². The van der Waals surface area contributed by atoms with Gasteiger partial charge in [0, 0.05) is 49.2 Å². The first-order valence-electron chi connectivity index (χ1n) is 5.85. The van der Waals surface area contributed by atoms with Crippen molar-refractivity contribution in [2.75, 3.05) is 39.8 Å². The zero-order valence-electron chi connectivity index (χ0n) is 9.77. The molecule has 0 aromatic carbocycles. The van der Waals surface area contributed by atoms with E-state index < -0.39 is 0 Å². The highest BCUT2D eigenvalue weighted by Crippen LogP contribution is 2.23. The van der Waals surface area contributed by atoms with Gasteiger partial charge in [0.15, 0.2) is 0 Å². The van der Waals surface area contributed by atoms with Gasteiger partial charge in [0.25, 0.3) is 0 Å². The molecule has 2 atom stereocenters. The molecular formula is C12H20BrN3. The Labute approximate surface area is 106 Å². The minimum atomic E-state index is 0.386. The topological polar surface area (TPSA) is 32.5 Å². The molecule has 0 amide bonds. The monoisotopic (exact) mass is 285 g/mol. The fourth-order valence-corrected chi connectivity index (χ4v) is 2.84. The van der Waals surface area contributed by atoms with E-state index in [-0.39, 0.29) is 0 Å². The molecule has 2 rings (SSSR count). The number of halogens is 1. The molecular weight excluding hydrogens is 266 g/mol. The van der Waals surface area contributed by atoms with Crippen molar-refractivity contribution in [2.24, 2.45) is 11.7 Å². The Hall–Kier alpha value is -0.320. The first kappa shape index (κ1) is 12.1. The van der Waals surface area contributed by atoms with Crippen molar-refractivity contribution >= 4 is 15.9 Å². The van der Waals surface area contributed by atoms with E-state index in [9.17, 15) is 0 Å². The maximum absolute atomic E-state index is 5.76. The summed E-state index contributed by atoms with van der Waals surface area (Å²) in [4.78, 5) is 5.31. The highest BCUT2D eigenvalue weighted by atomic mass is 79.9. The van der Waals surface area contributed by atoms with Crippen molar-refractivity contribution in [2.45, 2.75) is 4.83 Å². The summed E-state index contributed by atoms with van der Waals surface area (Å²) in [6.45, 7) is 5.85. The molecule has 90 valence electrons. The van der Waals surface area contributed by atoms with Gasteiger partial charge in [0.05, 0.1) is 0 Å². The third kappa shape index (κ3) is 3.09. The van der Waals surface area contributed by atoms with Crippen LogP contribution >= 0.6 is 15.9 Å². The molecule has 1 saturated heterocycles. The number of hydrogen-bond acceptors (Lipinski definition) is 3. The van der Waals surface area contributed by atoms with Crippen LogP contribution in [0.1, 0.15) is 0 Å². The number of allylic oxidation sites excluding steroid dienone is 2. The van der Waals surface area contributed by atoms with Crippen LogP contribution in [0, 0.1) is 5.92 Å². The van der Waals surface area contributed by atoms with E-state index in [0.29, 0.717) is 10.7 Å². The van der Waals surface area contributed by atoms with E-state index in [0.717, 1.165) is 12.2 Å². The van der Waals surface area contributed by atoms with Crippen LogP contribution in [0.25, 0.3) is 0 Å². The molecule has 2 N–H and O–H groups in total. The largest absolute Gasteiger partial charge is 0.399 e. The molecule has 1 fully saturated rings. The normalized spacial score (nSPS) is 32.8. The molecule has 1 aliphatic heterocycles. The van der Waals surface area contributed by atoms with E-state index in [1.165, 1.54) is 26.2 Å². The van der Waals surface area contributed by atoms with Crippen LogP contribution in [-0.4, -0.2) is 54.4 Å². The van der Waals surface area contributed by atoms with Gasteiger partial charge >= 0.3 is 0 Å². The van der Waals surface area contributed by atoms with Crippen LogP contribution in [0.15, 0.2) is 23.9 Å². The number of alkyl halides is 1. The van der Waals surface area contributed by atoms with Gasteiger partial charge in [-0.25, -0.2) is 0 Å². The molecule has 3 nitrogen and oxygen atoms in total. The van der Waals surface area contributed by atoms with Crippen LogP contribution < -0.4 is 5.73 Å². The second kappa shape index (κ2) is 5.34. The Balaban J connectivity index is 1.84. The molecule has 4 heteroatoms. The van der Waals surface area contributed by atoms with Crippen molar-refractivity contribution in [1.29, 1.82) is 0 Å². The number of nitrogens with zero attached hydrogens (tertiary/aromatic N) is 2. The van der Waals surface area contributed by atoms with Crippen molar-refractivity contribution in [3.8, 4) is 0 Å². The zero-order chi connectivity index (χ0) is 11.5. The third-order valence-corrected chi connectivity index (χ3v) is 4.30. The number of piperazine rings is 1. The van der Waals surface area contributed by atoms with Crippen LogP contribution in [0.4, 0.5) is 0 Å². The first-order chi connectivity index (χ1) is 7.65. The van der Waals surface area contributed by atoms with Gasteiger partial charge in [-0.1, -0.05) is 22.0 Å². The predicted molar refractivity (Wildman–Crippen MR) is 71.6 cm³/mol. The summed E-state index contributed by atoms with van der Waals surface area (Å²) in [7, 11) is 2.19. The summed E-state index contributed by atoms with van der Waals surface area (Å²) in [5, 5.41) is 0. The molecule has 1 aliphatic carbocycles. The fraction of sp³-hybridized carbons (Fsp3) is 0.667. The summed E-state index contributed by atoms with van der Waals surface area (Å²) in [6, 6.07) is 0. The SMILES string of the molecule is CN1CCN(CC2C=CC(N)=CC2Br)CC1. The number of hydrogen-bond donors (Lipinski definition) is 1. The molecule has 0 spiro atoms. The molecule has 0 saturated carbocycles. The number of rotatable bonds is 2. The van der Waals surface area contributed by atoms with E-state index in [2.05, 4.69) is 44.9 Å². The van der Waals surface area contributed by atoms with Crippen molar-refractivity contribution in [1.82, 2.24) is 9.80 Å². The lowest BCUT2D eigenvalue weighted by atomic mass is 9.98. The molecule has 0 aromatic rings. The summed E-state index contributed by atoms with van der Waals surface area (Å²) in [5.41, 5.74) is 6.63. The molecule has 1 heterocycles. The van der Waals surface area contributed by atoms with Crippen LogP contribution in [-0.2, 0) is 0 Å². The summed E-state index contributed by atoms with van der Waals surface area (Å²) in [6.07, 6.45) is 6.35. The first-order valence-corrected chi connectivity index (χ1v) is 6.77. The molecule has 0 aromatic heterocycles. The second-order valence-electron chi connectivity index (χ2n) is 4.74. The Bertz CT molecular complexity index is 293. The van der Waals surface area contributed by atoms with Crippen LogP contribution in [0.5, 0.6) is 0 Å². The summed E-state index contributed by atoms with van der Waals surface area (Å²) >= 11 is 3.69. The predicted octanol–water partition coefficient (Wildman–Crippen LogP) is 1.03. The average molecular weight is 286 g/mol. The quantitative estimate of drug-likeness (QED) is 0.770. The minimum Gasteiger partial charge on any atom is -0.399 e. The molecule has 0 bridgehead atoms. The van der Waals surface area contributed by atoms with Gasteiger partial charge in [-0.15, -0.1) is 0 Å². The second-order valence-corrected chi connectivity index (χ2v) is 5.80. The van der Waals surface area contributed by atoms with Crippen LogP contribution in [0.2, 0.25) is 0 Å². The van der Waals surface area contributed by atoms with E-state index in [4.69, 9.17) is 5.73 Å². The fourth-order valence-electron chi connectivity index (χ4n) is 2.19. The van der Waals surface area contributed by atoms with E-state index in [1.807, 2.05) is 6.08 Å². The van der Waals surface area contributed by atoms with Gasteiger partial charge < -0.3 is 15.5 Å². The summed E-state index contributed by atoms with van der Waals surface area (Å²) < 4.78 is 0. The lowest BCUT2D eigenvalue weighted by molar-refractivity contribution is 0.144. The highest BCUT2D eigenvalue weighted by molar-refractivity contribution is 9.09. The van der Waals surface area contributed by atoms with Gasteiger partial charge in [0.2, 0.25) is 0 Å². The highest BCUT2D eigenvalue weighted by Gasteiger charge is 2.22. The van der Waals surface area contributed by atoms with Gasteiger partial charge in [-0.2, -0.15) is 0 Å². The number of likely N-dealkylation sites (N-methyl/N-ethyl adjacent to an activating group) is 1. The van der Waals surface area contributed by atoms with Crippen molar-refractivity contribution in [3.63, 3.8) is 0 Å². The molecule has 2 aliphatic rings. The van der Waals surface area contributed by atoms with Crippen molar-refractivity contribution < 1.29 is 0 Å². The Morgan fingerprint density at radius 2 is 2.06 bits per heavy atom. The van der Waals surface area contributed by atoms with Crippen molar-refractivity contribution in [3.05, 3.63) is 23.9 Å². The van der Waals surface area contributed by atoms with E-state index in [1.54, 1.807) is 0 Å². The lowest BCUT2D eigenvalue weighted by Crippen LogP contribution is -2.46. The molecule has 2 unspecified atom stereocenters. The standard InChI is InChI=1S/C12H20BrN3/c1-15-4-6-16(7-5-15)9-10-2-3-11(14)8-12(10)13/h2-3,8,10,12H,4-7,9,14H2,1H3. The molecule has 0 radical (unpaired) electrons. The summed E-state index contributed by atoms with van der Waals surface area (Å²) in [5.74, 6) is 0.552. The Kier molecular flexibility index (Phi) is 4.05.